The van der Waals surface area contributed by atoms with Gasteiger partial charge in [0.15, 0.2) is 0 Å². The molecule has 1 aromatic carbocycles. The Morgan fingerprint density at radius 2 is 2.20 bits per heavy atom. The number of benzene rings is 1. The van der Waals surface area contributed by atoms with Crippen LogP contribution in [0.1, 0.15) is 37.8 Å². The van der Waals surface area contributed by atoms with Gasteiger partial charge in [0, 0.05) is 0 Å². The van der Waals surface area contributed by atoms with E-state index in [4.69, 9.17) is 4.74 Å². The molecule has 1 nitrogen and oxygen atoms in total. The molecule has 0 N–H and O–H groups in total. The van der Waals surface area contributed by atoms with E-state index < -0.39 is 0 Å². The standard InChI is InChI=1S/C14H20O/c1-5-7-12(4)15-14-9-8-11(3)13(6-2)10-14/h6,8-10,12H,2,5,7H2,1,3-4H3. The first-order chi connectivity index (χ1) is 7.17. The van der Waals surface area contributed by atoms with E-state index in [1.165, 1.54) is 5.56 Å². The smallest absolute Gasteiger partial charge is 0.120 e. The fourth-order valence-electron chi connectivity index (χ4n) is 1.61. The number of hydrogen-bond acceptors (Lipinski definition) is 1. The van der Waals surface area contributed by atoms with Crippen LogP contribution in [0, 0.1) is 6.92 Å². The minimum absolute atomic E-state index is 0.287. The van der Waals surface area contributed by atoms with Crippen molar-refractivity contribution in [2.45, 2.75) is 39.7 Å². The highest BCUT2D eigenvalue weighted by Gasteiger charge is 2.03. The molecule has 0 bridgehead atoms. The first-order valence-corrected chi connectivity index (χ1v) is 5.57. The second-order valence-corrected chi connectivity index (χ2v) is 3.94. The lowest BCUT2D eigenvalue weighted by atomic mass is 10.1. The predicted octanol–water partition coefficient (Wildman–Crippen LogP) is 4.21. The molecule has 0 radical (unpaired) electrons. The first kappa shape index (κ1) is 11.8. The molecule has 0 saturated heterocycles. The molecule has 0 fully saturated rings. The lowest BCUT2D eigenvalue weighted by molar-refractivity contribution is 0.210. The topological polar surface area (TPSA) is 9.23 Å². The fraction of sp³-hybridized carbons (Fsp3) is 0.429. The van der Waals surface area contributed by atoms with E-state index in [9.17, 15) is 0 Å². The third kappa shape index (κ3) is 3.43. The predicted molar refractivity (Wildman–Crippen MR) is 66.3 cm³/mol. The summed E-state index contributed by atoms with van der Waals surface area (Å²) in [5.74, 6) is 0.941. The highest BCUT2D eigenvalue weighted by atomic mass is 16.5. The van der Waals surface area contributed by atoms with Crippen LogP contribution in [-0.2, 0) is 0 Å². The van der Waals surface area contributed by atoms with E-state index >= 15 is 0 Å². The summed E-state index contributed by atoms with van der Waals surface area (Å²) in [6.45, 7) is 10.2. The van der Waals surface area contributed by atoms with E-state index in [0.717, 1.165) is 24.2 Å². The maximum atomic E-state index is 5.80. The SMILES string of the molecule is C=Cc1cc(OC(C)CCC)ccc1C. The third-order valence-corrected chi connectivity index (χ3v) is 2.50. The summed E-state index contributed by atoms with van der Waals surface area (Å²) in [6.07, 6.45) is 4.40. The molecule has 82 valence electrons. The Bertz CT molecular complexity index is 328. The van der Waals surface area contributed by atoms with Crippen LogP contribution in [0.25, 0.3) is 6.08 Å². The van der Waals surface area contributed by atoms with Crippen LogP contribution in [0.3, 0.4) is 0 Å². The van der Waals surface area contributed by atoms with Gasteiger partial charge in [-0.2, -0.15) is 0 Å². The number of rotatable bonds is 5. The summed E-state index contributed by atoms with van der Waals surface area (Å²) >= 11 is 0. The summed E-state index contributed by atoms with van der Waals surface area (Å²) in [4.78, 5) is 0. The molecular weight excluding hydrogens is 184 g/mol. The van der Waals surface area contributed by atoms with Gasteiger partial charge in [0.2, 0.25) is 0 Å². The van der Waals surface area contributed by atoms with Crippen molar-refractivity contribution in [3.63, 3.8) is 0 Å². The van der Waals surface area contributed by atoms with Crippen molar-refractivity contribution in [3.8, 4) is 5.75 Å². The van der Waals surface area contributed by atoms with Crippen molar-refractivity contribution in [1.29, 1.82) is 0 Å². The van der Waals surface area contributed by atoms with Gasteiger partial charge < -0.3 is 4.74 Å². The van der Waals surface area contributed by atoms with Gasteiger partial charge in [0.05, 0.1) is 6.10 Å². The molecule has 1 rings (SSSR count). The largest absolute Gasteiger partial charge is 0.491 e. The molecule has 1 unspecified atom stereocenters. The normalized spacial score (nSPS) is 12.2. The molecule has 0 heterocycles. The maximum absolute atomic E-state index is 5.80. The molecule has 0 spiro atoms. The van der Waals surface area contributed by atoms with Gasteiger partial charge in [-0.1, -0.05) is 32.1 Å². The van der Waals surface area contributed by atoms with Crippen LogP contribution in [0.5, 0.6) is 5.75 Å². The summed E-state index contributed by atoms with van der Waals surface area (Å²) in [5, 5.41) is 0. The van der Waals surface area contributed by atoms with Crippen molar-refractivity contribution in [1.82, 2.24) is 0 Å². The summed E-state index contributed by atoms with van der Waals surface area (Å²) in [5.41, 5.74) is 2.39. The van der Waals surface area contributed by atoms with Gasteiger partial charge in [-0.3, -0.25) is 0 Å². The van der Waals surface area contributed by atoms with E-state index in [2.05, 4.69) is 39.5 Å². The van der Waals surface area contributed by atoms with Gasteiger partial charge in [-0.05, 0) is 43.5 Å². The monoisotopic (exact) mass is 204 g/mol. The van der Waals surface area contributed by atoms with E-state index in [1.807, 2.05) is 12.1 Å². The molecule has 0 aliphatic carbocycles. The second kappa shape index (κ2) is 5.59. The molecule has 1 atom stereocenters. The third-order valence-electron chi connectivity index (χ3n) is 2.50. The highest BCUT2D eigenvalue weighted by Crippen LogP contribution is 2.20. The van der Waals surface area contributed by atoms with E-state index in [1.54, 1.807) is 0 Å². The molecule has 1 aromatic rings. The summed E-state index contributed by atoms with van der Waals surface area (Å²) < 4.78 is 5.80. The molecule has 1 heteroatoms. The Balaban J connectivity index is 2.73. The molecule has 0 aliphatic heterocycles. The minimum Gasteiger partial charge on any atom is -0.491 e. The van der Waals surface area contributed by atoms with Crippen molar-refractivity contribution in [2.24, 2.45) is 0 Å². The lowest BCUT2D eigenvalue weighted by Gasteiger charge is -2.14. The lowest BCUT2D eigenvalue weighted by Crippen LogP contribution is -2.10. The van der Waals surface area contributed by atoms with Crippen LogP contribution in [0.15, 0.2) is 24.8 Å². The molecule has 0 aliphatic rings. The molecule has 15 heavy (non-hydrogen) atoms. The van der Waals surface area contributed by atoms with Crippen LogP contribution >= 0.6 is 0 Å². The van der Waals surface area contributed by atoms with Gasteiger partial charge in [0.1, 0.15) is 5.75 Å². The average molecular weight is 204 g/mol. The van der Waals surface area contributed by atoms with Crippen molar-refractivity contribution in [3.05, 3.63) is 35.9 Å². The van der Waals surface area contributed by atoms with Gasteiger partial charge >= 0.3 is 0 Å². The fourth-order valence-corrected chi connectivity index (χ4v) is 1.61. The summed E-state index contributed by atoms with van der Waals surface area (Å²) in [6, 6.07) is 6.15. The minimum atomic E-state index is 0.287. The molecular formula is C14H20O. The van der Waals surface area contributed by atoms with Gasteiger partial charge in [0.25, 0.3) is 0 Å². The van der Waals surface area contributed by atoms with Gasteiger partial charge in [-0.15, -0.1) is 0 Å². The first-order valence-electron chi connectivity index (χ1n) is 5.57. The quantitative estimate of drug-likeness (QED) is 0.698. The van der Waals surface area contributed by atoms with Crippen molar-refractivity contribution < 1.29 is 4.74 Å². The van der Waals surface area contributed by atoms with Gasteiger partial charge in [-0.25, -0.2) is 0 Å². The zero-order valence-electron chi connectivity index (χ0n) is 9.92. The molecule has 0 amide bonds. The zero-order valence-corrected chi connectivity index (χ0v) is 9.92. The number of aryl methyl sites for hydroxylation is 1. The highest BCUT2D eigenvalue weighted by molar-refractivity contribution is 5.54. The maximum Gasteiger partial charge on any atom is 0.120 e. The van der Waals surface area contributed by atoms with Crippen molar-refractivity contribution in [2.75, 3.05) is 0 Å². The van der Waals surface area contributed by atoms with Crippen molar-refractivity contribution >= 4 is 6.08 Å². The number of hydrogen-bond donors (Lipinski definition) is 0. The molecule has 0 saturated carbocycles. The van der Waals surface area contributed by atoms with Crippen LogP contribution in [-0.4, -0.2) is 6.10 Å². The Morgan fingerprint density at radius 1 is 1.47 bits per heavy atom. The Morgan fingerprint density at radius 3 is 2.80 bits per heavy atom. The zero-order chi connectivity index (χ0) is 11.3. The van der Waals surface area contributed by atoms with E-state index in [-0.39, 0.29) is 6.10 Å². The Kier molecular flexibility index (Phi) is 4.41. The van der Waals surface area contributed by atoms with Crippen LogP contribution < -0.4 is 4.74 Å². The number of ether oxygens (including phenoxy) is 1. The summed E-state index contributed by atoms with van der Waals surface area (Å²) in [7, 11) is 0. The second-order valence-electron chi connectivity index (χ2n) is 3.94. The van der Waals surface area contributed by atoms with E-state index in [0.29, 0.717) is 0 Å². The Hall–Kier alpha value is -1.24. The van der Waals surface area contributed by atoms with Crippen LogP contribution in [0.2, 0.25) is 0 Å². The van der Waals surface area contributed by atoms with Crippen LogP contribution in [0.4, 0.5) is 0 Å². The average Bonchev–Trinajstić information content (AvgIpc) is 2.21. The Labute approximate surface area is 92.8 Å². The molecule has 0 aromatic heterocycles.